The number of aromatic hydroxyl groups is 1. The Bertz CT molecular complexity index is 616. The van der Waals surface area contributed by atoms with Crippen LogP contribution in [0.3, 0.4) is 0 Å². The Labute approximate surface area is 137 Å². The lowest BCUT2D eigenvalue weighted by Gasteiger charge is -2.53. The van der Waals surface area contributed by atoms with Crippen LogP contribution in [0.2, 0.25) is 0 Å². The van der Waals surface area contributed by atoms with E-state index in [1.807, 2.05) is 12.1 Å². The van der Waals surface area contributed by atoms with Crippen molar-refractivity contribution in [3.05, 3.63) is 29.3 Å². The van der Waals surface area contributed by atoms with E-state index in [1.54, 1.807) is 6.07 Å². The Hall–Kier alpha value is -1.09. The fourth-order valence-electron chi connectivity index (χ4n) is 6.22. The summed E-state index contributed by atoms with van der Waals surface area (Å²) in [5.74, 6) is 1.41. The summed E-state index contributed by atoms with van der Waals surface area (Å²) in [4.78, 5) is 0. The summed E-state index contributed by atoms with van der Waals surface area (Å²) in [5.41, 5.74) is 2.18. The number of hydrogen-bond donors (Lipinski definition) is 2. The van der Waals surface area contributed by atoms with Crippen LogP contribution in [0.15, 0.2) is 18.2 Å². The number of aliphatic hydroxyl groups excluding tert-OH is 1. The van der Waals surface area contributed by atoms with Crippen LogP contribution in [0.1, 0.15) is 56.6 Å². The maximum atomic E-state index is 15.3. The summed E-state index contributed by atoms with van der Waals surface area (Å²) >= 11 is 0. The Morgan fingerprint density at radius 1 is 1.30 bits per heavy atom. The monoisotopic (exact) mass is 318 g/mol. The zero-order chi connectivity index (χ0) is 16.4. The topological polar surface area (TPSA) is 40.5 Å². The molecule has 23 heavy (non-hydrogen) atoms. The third-order valence-corrected chi connectivity index (χ3v) is 7.09. The summed E-state index contributed by atoms with van der Waals surface area (Å²) in [6.07, 6.45) is 2.99. The van der Waals surface area contributed by atoms with Crippen molar-refractivity contribution in [1.29, 1.82) is 0 Å². The smallest absolute Gasteiger partial charge is 0.115 e. The van der Waals surface area contributed by atoms with Crippen molar-refractivity contribution in [2.24, 2.45) is 23.2 Å². The second kappa shape index (κ2) is 5.20. The Morgan fingerprint density at radius 3 is 2.83 bits per heavy atom. The molecule has 0 amide bonds. The molecule has 2 N–H and O–H groups in total. The van der Waals surface area contributed by atoms with E-state index >= 15 is 4.39 Å². The molecule has 0 aromatic heterocycles. The molecule has 1 aromatic rings. The molecule has 0 bridgehead atoms. The lowest BCUT2D eigenvalue weighted by molar-refractivity contribution is -0.0246. The maximum absolute atomic E-state index is 15.3. The molecule has 0 radical (unpaired) electrons. The second-order valence-electron chi connectivity index (χ2n) is 8.43. The summed E-state index contributed by atoms with van der Waals surface area (Å²) in [5, 5.41) is 20.0. The summed E-state index contributed by atoms with van der Waals surface area (Å²) in [6, 6.07) is 5.47. The highest BCUT2D eigenvalue weighted by Crippen LogP contribution is 2.63. The molecule has 3 aliphatic rings. The molecule has 0 unspecified atom stereocenters. The fourth-order valence-corrected chi connectivity index (χ4v) is 6.22. The summed E-state index contributed by atoms with van der Waals surface area (Å²) in [6.45, 7) is 4.38. The Balaban J connectivity index is 1.81. The van der Waals surface area contributed by atoms with Gasteiger partial charge in [0.2, 0.25) is 0 Å². The first-order chi connectivity index (χ1) is 10.9. The van der Waals surface area contributed by atoms with Gasteiger partial charge < -0.3 is 10.2 Å². The van der Waals surface area contributed by atoms with Gasteiger partial charge in [-0.15, -0.1) is 0 Å². The van der Waals surface area contributed by atoms with Gasteiger partial charge in [0.25, 0.3) is 0 Å². The van der Waals surface area contributed by atoms with Crippen molar-refractivity contribution < 1.29 is 14.6 Å². The van der Waals surface area contributed by atoms with E-state index in [-0.39, 0.29) is 23.2 Å². The number of rotatable bonds is 1. The predicted octanol–water partition coefficient (Wildman–Crippen LogP) is 4.19. The van der Waals surface area contributed by atoms with Gasteiger partial charge in [-0.2, -0.15) is 0 Å². The number of halogens is 1. The van der Waals surface area contributed by atoms with Gasteiger partial charge in [0.15, 0.2) is 0 Å². The van der Waals surface area contributed by atoms with E-state index in [9.17, 15) is 10.2 Å². The first-order valence-electron chi connectivity index (χ1n) is 9.07. The number of aliphatic hydroxyl groups is 1. The number of fused-ring (bicyclic) bond motifs is 5. The third-order valence-electron chi connectivity index (χ3n) is 7.09. The van der Waals surface area contributed by atoms with Gasteiger partial charge in [0.1, 0.15) is 11.9 Å². The van der Waals surface area contributed by atoms with Gasteiger partial charge in [0.05, 0.1) is 6.10 Å². The minimum Gasteiger partial charge on any atom is -0.508 e. The largest absolute Gasteiger partial charge is 0.508 e. The highest BCUT2D eigenvalue weighted by Gasteiger charge is 2.58. The number of alkyl halides is 1. The van der Waals surface area contributed by atoms with E-state index in [0.29, 0.717) is 24.2 Å². The van der Waals surface area contributed by atoms with Crippen LogP contribution in [-0.4, -0.2) is 22.5 Å². The molecule has 3 aliphatic carbocycles. The van der Waals surface area contributed by atoms with Crippen LogP contribution in [0.25, 0.3) is 0 Å². The Morgan fingerprint density at radius 2 is 2.09 bits per heavy atom. The molecule has 2 saturated carbocycles. The zero-order valence-corrected chi connectivity index (χ0v) is 14.0. The van der Waals surface area contributed by atoms with Crippen LogP contribution < -0.4 is 0 Å². The van der Waals surface area contributed by atoms with Crippen LogP contribution >= 0.6 is 0 Å². The number of benzene rings is 1. The zero-order valence-electron chi connectivity index (χ0n) is 14.0. The van der Waals surface area contributed by atoms with E-state index < -0.39 is 6.17 Å². The molecule has 4 rings (SSSR count). The molecule has 2 fully saturated rings. The SMILES string of the molecule is CC[C@H]1Cc2cc(O)ccc2[C@@H]2[C@@H]1[C@@H]1C[C@H](O)C[C@@]1(C)C[C@@H]2F. The van der Waals surface area contributed by atoms with Gasteiger partial charge >= 0.3 is 0 Å². The van der Waals surface area contributed by atoms with Crippen molar-refractivity contribution in [3.63, 3.8) is 0 Å². The standard InChI is InChI=1S/C20H27FO2/c1-3-11-6-12-7-13(22)4-5-15(12)19-17(21)10-20(2)9-14(23)8-16(20)18(11)19/h4-5,7,11,14,16-19,22-23H,3,6,8-10H2,1-2H3/t11-,14-,16-,17-,18-,19-,20-/m0/s1. The minimum absolute atomic E-state index is 0.0537. The molecule has 3 heteroatoms. The highest BCUT2D eigenvalue weighted by molar-refractivity contribution is 5.41. The van der Waals surface area contributed by atoms with Crippen molar-refractivity contribution in [3.8, 4) is 5.75 Å². The van der Waals surface area contributed by atoms with Crippen LogP contribution in [0.4, 0.5) is 4.39 Å². The van der Waals surface area contributed by atoms with Crippen LogP contribution in [0.5, 0.6) is 5.75 Å². The highest BCUT2D eigenvalue weighted by atomic mass is 19.1. The lowest BCUT2D eigenvalue weighted by atomic mass is 9.52. The molecule has 0 spiro atoms. The predicted molar refractivity (Wildman–Crippen MR) is 88.2 cm³/mol. The quantitative estimate of drug-likeness (QED) is 0.815. The fraction of sp³-hybridized carbons (Fsp3) is 0.700. The van der Waals surface area contributed by atoms with Crippen molar-refractivity contribution >= 4 is 0 Å². The van der Waals surface area contributed by atoms with Gasteiger partial charge in [0, 0.05) is 5.92 Å². The molecule has 0 saturated heterocycles. The molecule has 2 nitrogen and oxygen atoms in total. The third kappa shape index (κ3) is 2.23. The average molecular weight is 318 g/mol. The van der Waals surface area contributed by atoms with Gasteiger partial charge in [-0.05, 0) is 72.1 Å². The molecule has 0 heterocycles. The molecule has 7 atom stereocenters. The molecule has 126 valence electrons. The minimum atomic E-state index is -0.843. The number of phenolic OH excluding ortho intramolecular Hbond substituents is 1. The van der Waals surface area contributed by atoms with E-state index in [4.69, 9.17) is 0 Å². The second-order valence-corrected chi connectivity index (χ2v) is 8.43. The van der Waals surface area contributed by atoms with Crippen molar-refractivity contribution in [1.82, 2.24) is 0 Å². The Kier molecular flexibility index (Phi) is 3.49. The van der Waals surface area contributed by atoms with Crippen molar-refractivity contribution in [2.75, 3.05) is 0 Å². The van der Waals surface area contributed by atoms with Gasteiger partial charge in [-0.3, -0.25) is 0 Å². The van der Waals surface area contributed by atoms with E-state index in [1.165, 1.54) is 0 Å². The molecule has 0 aliphatic heterocycles. The number of phenols is 1. The number of hydrogen-bond acceptors (Lipinski definition) is 2. The first-order valence-corrected chi connectivity index (χ1v) is 9.07. The van der Waals surface area contributed by atoms with Crippen molar-refractivity contribution in [2.45, 2.75) is 64.1 Å². The lowest BCUT2D eigenvalue weighted by Crippen LogP contribution is -2.48. The van der Waals surface area contributed by atoms with Crippen LogP contribution in [0, 0.1) is 23.2 Å². The summed E-state index contributed by atoms with van der Waals surface area (Å²) < 4.78 is 15.3. The normalized spacial score (nSPS) is 45.2. The summed E-state index contributed by atoms with van der Waals surface area (Å²) in [7, 11) is 0. The van der Waals surface area contributed by atoms with E-state index in [2.05, 4.69) is 13.8 Å². The van der Waals surface area contributed by atoms with Crippen LogP contribution in [-0.2, 0) is 6.42 Å². The van der Waals surface area contributed by atoms with E-state index in [0.717, 1.165) is 36.8 Å². The maximum Gasteiger partial charge on any atom is 0.115 e. The average Bonchev–Trinajstić information content (AvgIpc) is 2.79. The molecule has 1 aromatic carbocycles. The first kappa shape index (κ1) is 15.4. The van der Waals surface area contributed by atoms with Gasteiger partial charge in [-0.25, -0.2) is 4.39 Å². The molecular formula is C20H27FO2. The molecular weight excluding hydrogens is 291 g/mol. The van der Waals surface area contributed by atoms with Gasteiger partial charge in [-0.1, -0.05) is 26.3 Å².